The molecule has 0 aromatic heterocycles. The third-order valence-corrected chi connectivity index (χ3v) is 4.24. The number of nitrogens with two attached hydrogens (primary N) is 1. The highest BCUT2D eigenvalue weighted by Gasteiger charge is 2.23. The van der Waals surface area contributed by atoms with Gasteiger partial charge in [0, 0.05) is 30.4 Å². The molecule has 0 amide bonds. The van der Waals surface area contributed by atoms with Crippen LogP contribution in [0.4, 0.5) is 5.69 Å². The highest BCUT2D eigenvalue weighted by molar-refractivity contribution is 5.47. The van der Waals surface area contributed by atoms with Gasteiger partial charge in [-0.1, -0.05) is 37.5 Å². The number of nitrogen functional groups attached to an aromatic ring is 1. The van der Waals surface area contributed by atoms with Crippen LogP contribution in [0.15, 0.2) is 24.3 Å². The number of aliphatic hydroxyl groups excluding tert-OH is 2. The molecule has 1 aliphatic carbocycles. The van der Waals surface area contributed by atoms with Crippen molar-refractivity contribution in [3.05, 3.63) is 29.8 Å². The van der Waals surface area contributed by atoms with Crippen LogP contribution in [-0.2, 0) is 0 Å². The summed E-state index contributed by atoms with van der Waals surface area (Å²) in [5.74, 6) is 0. The van der Waals surface area contributed by atoms with Gasteiger partial charge in [-0.15, -0.1) is 0 Å². The molecule has 2 rings (SSSR count). The van der Waals surface area contributed by atoms with Gasteiger partial charge < -0.3 is 15.9 Å². The first-order chi connectivity index (χ1) is 9.72. The molecule has 0 saturated heterocycles. The second-order valence-electron chi connectivity index (χ2n) is 5.66. The summed E-state index contributed by atoms with van der Waals surface area (Å²) >= 11 is 0. The van der Waals surface area contributed by atoms with Gasteiger partial charge in [-0.2, -0.15) is 0 Å². The summed E-state index contributed by atoms with van der Waals surface area (Å²) in [6.45, 7) is 1.29. The quantitative estimate of drug-likeness (QED) is 0.695. The molecule has 1 unspecified atom stereocenters. The standard InChI is InChI=1S/C16H26N2O2/c17-15-9-5-4-8-14(15)16(20)12-18(10-11-19)13-6-2-1-3-7-13/h4-5,8-9,13,16,19-20H,1-3,6-7,10-12,17H2. The van der Waals surface area contributed by atoms with Crippen LogP contribution in [0.25, 0.3) is 0 Å². The van der Waals surface area contributed by atoms with E-state index in [1.54, 1.807) is 0 Å². The Balaban J connectivity index is 2.01. The zero-order valence-electron chi connectivity index (χ0n) is 12.0. The molecule has 4 nitrogen and oxygen atoms in total. The van der Waals surface area contributed by atoms with E-state index in [4.69, 9.17) is 5.73 Å². The number of para-hydroxylation sites is 1. The van der Waals surface area contributed by atoms with Gasteiger partial charge in [-0.25, -0.2) is 0 Å². The Morgan fingerprint density at radius 2 is 1.90 bits per heavy atom. The van der Waals surface area contributed by atoms with Crippen LogP contribution < -0.4 is 5.73 Å². The van der Waals surface area contributed by atoms with E-state index in [9.17, 15) is 10.2 Å². The summed E-state index contributed by atoms with van der Waals surface area (Å²) in [7, 11) is 0. The highest BCUT2D eigenvalue weighted by Crippen LogP contribution is 2.26. The van der Waals surface area contributed by atoms with Crippen molar-refractivity contribution in [2.75, 3.05) is 25.4 Å². The van der Waals surface area contributed by atoms with E-state index in [1.807, 2.05) is 24.3 Å². The lowest BCUT2D eigenvalue weighted by molar-refractivity contribution is 0.0603. The van der Waals surface area contributed by atoms with Gasteiger partial charge in [0.05, 0.1) is 12.7 Å². The minimum Gasteiger partial charge on any atom is -0.398 e. The summed E-state index contributed by atoms with van der Waals surface area (Å²) in [5.41, 5.74) is 7.34. The Hall–Kier alpha value is -1.10. The number of rotatable bonds is 6. The Kier molecular flexibility index (Phi) is 5.83. The molecule has 1 saturated carbocycles. The van der Waals surface area contributed by atoms with Crippen LogP contribution in [0.3, 0.4) is 0 Å². The normalized spacial score (nSPS) is 18.4. The number of hydrogen-bond donors (Lipinski definition) is 3. The molecule has 0 heterocycles. The molecule has 0 radical (unpaired) electrons. The van der Waals surface area contributed by atoms with Crippen molar-refractivity contribution < 1.29 is 10.2 Å². The second-order valence-corrected chi connectivity index (χ2v) is 5.66. The van der Waals surface area contributed by atoms with Crippen LogP contribution in [0, 0.1) is 0 Å². The summed E-state index contributed by atoms with van der Waals surface area (Å²) in [6.07, 6.45) is 5.53. The first-order valence-electron chi connectivity index (χ1n) is 7.59. The van der Waals surface area contributed by atoms with Gasteiger partial charge in [-0.05, 0) is 18.9 Å². The molecule has 112 valence electrons. The van der Waals surface area contributed by atoms with E-state index in [1.165, 1.54) is 19.3 Å². The topological polar surface area (TPSA) is 69.7 Å². The Morgan fingerprint density at radius 3 is 2.55 bits per heavy atom. The lowest BCUT2D eigenvalue weighted by Gasteiger charge is -2.35. The number of aliphatic hydroxyl groups is 2. The smallest absolute Gasteiger partial charge is 0.0936 e. The number of anilines is 1. The van der Waals surface area contributed by atoms with Crippen LogP contribution in [0.2, 0.25) is 0 Å². The molecule has 1 fully saturated rings. The second kappa shape index (κ2) is 7.62. The fourth-order valence-electron chi connectivity index (χ4n) is 3.13. The molecule has 20 heavy (non-hydrogen) atoms. The average molecular weight is 278 g/mol. The number of hydrogen-bond acceptors (Lipinski definition) is 4. The molecule has 4 N–H and O–H groups in total. The monoisotopic (exact) mass is 278 g/mol. The predicted octanol–water partition coefficient (Wildman–Crippen LogP) is 1.93. The molecule has 1 aliphatic rings. The van der Waals surface area contributed by atoms with Gasteiger partial charge >= 0.3 is 0 Å². The van der Waals surface area contributed by atoms with Crippen molar-refractivity contribution in [1.29, 1.82) is 0 Å². The van der Waals surface area contributed by atoms with Crippen molar-refractivity contribution in [3.63, 3.8) is 0 Å². The molecular weight excluding hydrogens is 252 g/mol. The molecule has 0 spiro atoms. The van der Waals surface area contributed by atoms with Gasteiger partial charge in [0.15, 0.2) is 0 Å². The van der Waals surface area contributed by atoms with Gasteiger partial charge in [0.25, 0.3) is 0 Å². The first-order valence-corrected chi connectivity index (χ1v) is 7.59. The lowest BCUT2D eigenvalue weighted by Crippen LogP contribution is -2.41. The van der Waals surface area contributed by atoms with Gasteiger partial charge in [-0.3, -0.25) is 4.90 Å². The maximum atomic E-state index is 10.4. The third-order valence-electron chi connectivity index (χ3n) is 4.24. The van der Waals surface area contributed by atoms with Crippen molar-refractivity contribution in [2.24, 2.45) is 0 Å². The summed E-state index contributed by atoms with van der Waals surface area (Å²) in [5, 5.41) is 19.7. The minimum absolute atomic E-state index is 0.132. The fourth-order valence-corrected chi connectivity index (χ4v) is 3.13. The summed E-state index contributed by atoms with van der Waals surface area (Å²) < 4.78 is 0. The molecule has 4 heteroatoms. The summed E-state index contributed by atoms with van der Waals surface area (Å²) in [4.78, 5) is 2.22. The van der Waals surface area contributed by atoms with Gasteiger partial charge in [0.1, 0.15) is 0 Å². The van der Waals surface area contributed by atoms with E-state index in [2.05, 4.69) is 4.90 Å². The SMILES string of the molecule is Nc1ccccc1C(O)CN(CCO)C1CCCCC1. The lowest BCUT2D eigenvalue weighted by atomic mass is 9.93. The van der Waals surface area contributed by atoms with Crippen LogP contribution in [0.1, 0.15) is 43.8 Å². The molecular formula is C16H26N2O2. The fraction of sp³-hybridized carbons (Fsp3) is 0.625. The Morgan fingerprint density at radius 1 is 1.20 bits per heavy atom. The number of nitrogens with zero attached hydrogens (tertiary/aromatic N) is 1. The Labute approximate surface area is 121 Å². The van der Waals surface area contributed by atoms with E-state index >= 15 is 0 Å². The van der Waals surface area contributed by atoms with Crippen molar-refractivity contribution in [1.82, 2.24) is 4.90 Å². The third kappa shape index (κ3) is 3.95. The number of benzene rings is 1. The molecule has 0 bridgehead atoms. The van der Waals surface area contributed by atoms with Crippen LogP contribution in [0.5, 0.6) is 0 Å². The van der Waals surface area contributed by atoms with E-state index in [0.717, 1.165) is 18.4 Å². The summed E-state index contributed by atoms with van der Waals surface area (Å²) in [6, 6.07) is 7.94. The highest BCUT2D eigenvalue weighted by atomic mass is 16.3. The van der Waals surface area contributed by atoms with Crippen molar-refractivity contribution in [3.8, 4) is 0 Å². The zero-order chi connectivity index (χ0) is 14.4. The van der Waals surface area contributed by atoms with E-state index in [0.29, 0.717) is 24.8 Å². The first kappa shape index (κ1) is 15.3. The minimum atomic E-state index is -0.593. The van der Waals surface area contributed by atoms with Crippen molar-refractivity contribution in [2.45, 2.75) is 44.2 Å². The maximum absolute atomic E-state index is 10.4. The van der Waals surface area contributed by atoms with Crippen LogP contribution >= 0.6 is 0 Å². The van der Waals surface area contributed by atoms with Crippen LogP contribution in [-0.4, -0.2) is 40.9 Å². The van der Waals surface area contributed by atoms with Crippen molar-refractivity contribution >= 4 is 5.69 Å². The maximum Gasteiger partial charge on any atom is 0.0936 e. The average Bonchev–Trinajstić information content (AvgIpc) is 2.48. The Bertz CT molecular complexity index is 405. The molecule has 0 aliphatic heterocycles. The van der Waals surface area contributed by atoms with E-state index in [-0.39, 0.29) is 6.61 Å². The largest absolute Gasteiger partial charge is 0.398 e. The van der Waals surface area contributed by atoms with Gasteiger partial charge in [0.2, 0.25) is 0 Å². The molecule has 1 aromatic rings. The predicted molar refractivity (Wildman–Crippen MR) is 81.3 cm³/mol. The molecule has 1 aromatic carbocycles. The molecule has 1 atom stereocenters. The zero-order valence-corrected chi connectivity index (χ0v) is 12.0. The van der Waals surface area contributed by atoms with E-state index < -0.39 is 6.10 Å².